The Bertz CT molecular complexity index is 611. The number of carbonyl (C=O) groups is 1. The smallest absolute Gasteiger partial charge is 0.256 e. The molecule has 1 aromatic carbocycles. The van der Waals surface area contributed by atoms with Crippen LogP contribution in [-0.2, 0) is 0 Å². The van der Waals surface area contributed by atoms with Crippen molar-refractivity contribution in [1.82, 2.24) is 10.2 Å². The summed E-state index contributed by atoms with van der Waals surface area (Å²) in [5.41, 5.74) is 6.54. The van der Waals surface area contributed by atoms with Crippen molar-refractivity contribution in [1.29, 1.82) is 0 Å². The highest BCUT2D eigenvalue weighted by molar-refractivity contribution is 9.10. The monoisotopic (exact) mass is 324 g/mol. The van der Waals surface area contributed by atoms with Gasteiger partial charge in [0.1, 0.15) is 10.8 Å². The number of hydrogen-bond acceptors (Lipinski definition) is 3. The lowest BCUT2D eigenvalue weighted by atomic mass is 10.2. The van der Waals surface area contributed by atoms with E-state index in [9.17, 15) is 4.79 Å². The molecule has 0 bridgehead atoms. The lowest BCUT2D eigenvalue weighted by Crippen LogP contribution is -2.16. The Morgan fingerprint density at radius 2 is 2.28 bits per heavy atom. The van der Waals surface area contributed by atoms with E-state index in [2.05, 4.69) is 31.4 Å². The van der Waals surface area contributed by atoms with E-state index in [1.54, 1.807) is 18.2 Å². The number of carbonyl (C=O) groups excluding carboxylic acids is 1. The molecule has 2 aromatic rings. The second-order valence-electron chi connectivity index (χ2n) is 3.49. The normalized spacial score (nSPS) is 10.1. The van der Waals surface area contributed by atoms with Crippen molar-refractivity contribution >= 4 is 44.9 Å². The fourth-order valence-electron chi connectivity index (χ4n) is 1.38. The van der Waals surface area contributed by atoms with E-state index in [0.717, 1.165) is 4.47 Å². The Morgan fingerprint density at radius 3 is 2.94 bits per heavy atom. The van der Waals surface area contributed by atoms with Crippen molar-refractivity contribution in [3.8, 4) is 0 Å². The van der Waals surface area contributed by atoms with Crippen LogP contribution in [0.25, 0.3) is 0 Å². The Balaban J connectivity index is 2.21. The van der Waals surface area contributed by atoms with Crippen LogP contribution in [0.5, 0.6) is 0 Å². The molecule has 4 N–H and O–H groups in total. The van der Waals surface area contributed by atoms with E-state index in [0.29, 0.717) is 16.9 Å². The first-order valence-corrected chi connectivity index (χ1v) is 6.18. The molecule has 1 heterocycles. The number of amides is 1. The van der Waals surface area contributed by atoms with Gasteiger partial charge < -0.3 is 11.1 Å². The predicted octanol–water partition coefficient (Wildman–Crippen LogP) is 2.06. The number of thiocarbonyl (C=S) groups is 1. The van der Waals surface area contributed by atoms with E-state index >= 15 is 0 Å². The minimum Gasteiger partial charge on any atom is -0.389 e. The maximum atomic E-state index is 12.0. The molecule has 0 saturated carbocycles. The van der Waals surface area contributed by atoms with Gasteiger partial charge in [-0.15, -0.1) is 0 Å². The van der Waals surface area contributed by atoms with Crippen molar-refractivity contribution in [2.24, 2.45) is 5.73 Å². The van der Waals surface area contributed by atoms with Crippen molar-refractivity contribution < 1.29 is 4.79 Å². The van der Waals surface area contributed by atoms with Crippen LogP contribution in [-0.4, -0.2) is 21.1 Å². The van der Waals surface area contributed by atoms with Crippen LogP contribution in [0.4, 0.5) is 5.82 Å². The van der Waals surface area contributed by atoms with Crippen LogP contribution in [0, 0.1) is 0 Å². The van der Waals surface area contributed by atoms with Gasteiger partial charge in [-0.3, -0.25) is 9.89 Å². The summed E-state index contributed by atoms with van der Waals surface area (Å²) < 4.78 is 0.828. The maximum absolute atomic E-state index is 12.0. The molecule has 18 heavy (non-hydrogen) atoms. The third-order valence-electron chi connectivity index (χ3n) is 2.23. The highest BCUT2D eigenvalue weighted by Gasteiger charge is 2.12. The second-order valence-corrected chi connectivity index (χ2v) is 4.84. The maximum Gasteiger partial charge on any atom is 0.256 e. The first kappa shape index (κ1) is 12.7. The summed E-state index contributed by atoms with van der Waals surface area (Å²) in [6.07, 6.45) is 1.47. The molecule has 0 aliphatic rings. The van der Waals surface area contributed by atoms with Crippen LogP contribution in [0.3, 0.4) is 0 Å². The van der Waals surface area contributed by atoms with Crippen molar-refractivity contribution in [3.63, 3.8) is 0 Å². The summed E-state index contributed by atoms with van der Waals surface area (Å²) in [4.78, 5) is 12.1. The van der Waals surface area contributed by atoms with Gasteiger partial charge in [0.05, 0.1) is 11.8 Å². The van der Waals surface area contributed by atoms with Crippen LogP contribution >= 0.6 is 28.1 Å². The van der Waals surface area contributed by atoms with Gasteiger partial charge in [0.2, 0.25) is 0 Å². The molecule has 1 amide bonds. The SMILES string of the molecule is NC(=S)c1cn[nH]c1NC(=O)c1cccc(Br)c1. The molecule has 0 unspecified atom stereocenters. The van der Waals surface area contributed by atoms with E-state index in [1.807, 2.05) is 6.07 Å². The van der Waals surface area contributed by atoms with Gasteiger partial charge in [-0.25, -0.2) is 0 Å². The first-order valence-electron chi connectivity index (χ1n) is 4.98. The number of rotatable bonds is 3. The van der Waals surface area contributed by atoms with Gasteiger partial charge in [-0.05, 0) is 18.2 Å². The molecular weight excluding hydrogens is 316 g/mol. The Labute approximate surface area is 117 Å². The van der Waals surface area contributed by atoms with Gasteiger partial charge in [-0.1, -0.05) is 34.2 Å². The van der Waals surface area contributed by atoms with E-state index in [4.69, 9.17) is 18.0 Å². The molecule has 0 aliphatic heterocycles. The highest BCUT2D eigenvalue weighted by Crippen LogP contribution is 2.15. The number of benzene rings is 1. The minimum absolute atomic E-state index is 0.174. The first-order chi connectivity index (χ1) is 8.58. The minimum atomic E-state index is -0.266. The number of aromatic amines is 1. The van der Waals surface area contributed by atoms with Gasteiger partial charge in [0.25, 0.3) is 5.91 Å². The number of aromatic nitrogens is 2. The van der Waals surface area contributed by atoms with Crippen LogP contribution in [0.2, 0.25) is 0 Å². The van der Waals surface area contributed by atoms with Crippen LogP contribution in [0.1, 0.15) is 15.9 Å². The van der Waals surface area contributed by atoms with E-state index < -0.39 is 0 Å². The number of hydrogen-bond donors (Lipinski definition) is 3. The summed E-state index contributed by atoms with van der Waals surface area (Å²) in [6, 6.07) is 7.04. The summed E-state index contributed by atoms with van der Waals surface area (Å²) in [5, 5.41) is 9.10. The summed E-state index contributed by atoms with van der Waals surface area (Å²) in [6.45, 7) is 0. The van der Waals surface area contributed by atoms with Crippen molar-refractivity contribution in [2.45, 2.75) is 0 Å². The molecule has 0 saturated heterocycles. The van der Waals surface area contributed by atoms with Gasteiger partial charge >= 0.3 is 0 Å². The van der Waals surface area contributed by atoms with E-state index in [1.165, 1.54) is 6.20 Å². The fraction of sp³-hybridized carbons (Fsp3) is 0. The summed E-state index contributed by atoms with van der Waals surface area (Å²) in [5.74, 6) is 0.130. The van der Waals surface area contributed by atoms with Crippen molar-refractivity contribution in [3.05, 3.63) is 46.1 Å². The molecule has 2 rings (SSSR count). The molecule has 0 spiro atoms. The van der Waals surface area contributed by atoms with Crippen LogP contribution < -0.4 is 11.1 Å². The number of nitrogens with one attached hydrogen (secondary N) is 2. The lowest BCUT2D eigenvalue weighted by Gasteiger charge is -2.05. The highest BCUT2D eigenvalue weighted by atomic mass is 79.9. The fourth-order valence-corrected chi connectivity index (χ4v) is 1.94. The zero-order valence-corrected chi connectivity index (χ0v) is 11.5. The third kappa shape index (κ3) is 2.74. The molecule has 0 fully saturated rings. The van der Waals surface area contributed by atoms with Gasteiger partial charge in [0, 0.05) is 10.0 Å². The molecule has 92 valence electrons. The average molecular weight is 325 g/mol. The Morgan fingerprint density at radius 1 is 1.50 bits per heavy atom. The largest absolute Gasteiger partial charge is 0.389 e. The molecule has 0 atom stereocenters. The summed E-state index contributed by atoms with van der Waals surface area (Å²) >= 11 is 8.16. The standard InChI is InChI=1S/C11H9BrN4OS/c12-7-3-1-2-6(4-7)11(17)15-10-8(9(13)18)5-14-16-10/h1-5H,(H2,13,18)(H2,14,15,16,17). The zero-order valence-electron chi connectivity index (χ0n) is 9.11. The quantitative estimate of drug-likeness (QED) is 0.754. The van der Waals surface area contributed by atoms with Gasteiger partial charge in [-0.2, -0.15) is 5.10 Å². The molecule has 1 aromatic heterocycles. The lowest BCUT2D eigenvalue weighted by molar-refractivity contribution is 0.102. The van der Waals surface area contributed by atoms with Gasteiger partial charge in [0.15, 0.2) is 0 Å². The molecule has 5 nitrogen and oxygen atoms in total. The Kier molecular flexibility index (Phi) is 3.73. The average Bonchev–Trinajstić information content (AvgIpc) is 2.77. The number of nitrogens with two attached hydrogens (primary N) is 1. The number of halogens is 1. The van der Waals surface area contributed by atoms with E-state index in [-0.39, 0.29) is 10.9 Å². The van der Waals surface area contributed by atoms with Crippen LogP contribution in [0.15, 0.2) is 34.9 Å². The topological polar surface area (TPSA) is 83.8 Å². The zero-order chi connectivity index (χ0) is 13.1. The third-order valence-corrected chi connectivity index (χ3v) is 2.94. The molecule has 0 aliphatic carbocycles. The summed E-state index contributed by atoms with van der Waals surface area (Å²) in [7, 11) is 0. The Hall–Kier alpha value is -1.73. The predicted molar refractivity (Wildman–Crippen MR) is 76.6 cm³/mol. The molecule has 7 heteroatoms. The van der Waals surface area contributed by atoms with Crippen molar-refractivity contribution in [2.75, 3.05) is 5.32 Å². The molecular formula is C11H9BrN4OS. The number of anilines is 1. The second kappa shape index (κ2) is 5.28. The molecule has 0 radical (unpaired) electrons. The number of H-pyrrole nitrogens is 1. The number of nitrogens with zero attached hydrogens (tertiary/aromatic N) is 1.